The van der Waals surface area contributed by atoms with Crippen molar-refractivity contribution in [2.45, 2.75) is 71.0 Å². The molecule has 0 amide bonds. The number of carbonyl (C=O) groups is 2. The Kier molecular flexibility index (Phi) is 9.35. The van der Waals surface area contributed by atoms with Crippen LogP contribution < -0.4 is 0 Å². The Morgan fingerprint density at radius 3 is 2.19 bits per heavy atom. The highest BCUT2D eigenvalue weighted by Gasteiger charge is 2.53. The molecule has 3 aromatic rings. The zero-order valence-electron chi connectivity index (χ0n) is 23.9. The van der Waals surface area contributed by atoms with Gasteiger partial charge >= 0.3 is 11.9 Å². The fraction of sp³-hybridized carbons (Fsp3) is 0.394. The Balaban J connectivity index is 1.46. The highest BCUT2D eigenvalue weighted by atomic mass is 16.8. The number of benzene rings is 3. The summed E-state index contributed by atoms with van der Waals surface area (Å²) < 4.78 is 37.5. The van der Waals surface area contributed by atoms with Gasteiger partial charge < -0.3 is 33.5 Å². The summed E-state index contributed by atoms with van der Waals surface area (Å²) in [5, 5.41) is 9.65. The van der Waals surface area contributed by atoms with Crippen molar-refractivity contribution in [3.8, 4) is 0 Å². The molecule has 0 radical (unpaired) electrons. The predicted molar refractivity (Wildman–Crippen MR) is 151 cm³/mol. The number of aromatic carboxylic acids is 1. The van der Waals surface area contributed by atoms with Crippen molar-refractivity contribution in [3.05, 3.63) is 107 Å². The van der Waals surface area contributed by atoms with Crippen LogP contribution >= 0.6 is 0 Å². The second kappa shape index (κ2) is 13.1. The molecule has 0 spiro atoms. The molecule has 0 aliphatic carbocycles. The summed E-state index contributed by atoms with van der Waals surface area (Å²) in [5.74, 6) is -1.53. The first-order valence-electron chi connectivity index (χ1n) is 14.0. The molecule has 222 valence electrons. The third kappa shape index (κ3) is 7.06. The molecule has 0 aromatic heterocycles. The summed E-state index contributed by atoms with van der Waals surface area (Å²) in [5.41, 5.74) is 1.52. The number of ether oxygens (including phenoxy) is 6. The van der Waals surface area contributed by atoms with Crippen molar-refractivity contribution in [1.82, 2.24) is 0 Å². The van der Waals surface area contributed by atoms with Gasteiger partial charge in [-0.2, -0.15) is 0 Å². The predicted octanol–water partition coefficient (Wildman–Crippen LogP) is 5.28. The Morgan fingerprint density at radius 2 is 1.50 bits per heavy atom. The van der Waals surface area contributed by atoms with Crippen molar-refractivity contribution in [3.63, 3.8) is 0 Å². The Labute approximate surface area is 245 Å². The van der Waals surface area contributed by atoms with Crippen molar-refractivity contribution < 1.29 is 43.1 Å². The summed E-state index contributed by atoms with van der Waals surface area (Å²) in [6.07, 6.45) is -4.82. The van der Waals surface area contributed by atoms with Crippen molar-refractivity contribution >= 4 is 11.9 Å². The molecule has 2 fully saturated rings. The van der Waals surface area contributed by atoms with E-state index in [1.165, 1.54) is 6.07 Å². The number of carboxylic acid groups (broad SMARTS) is 1. The number of esters is 1. The van der Waals surface area contributed by atoms with Crippen molar-refractivity contribution in [2.75, 3.05) is 6.61 Å². The minimum absolute atomic E-state index is 0.0894. The van der Waals surface area contributed by atoms with Gasteiger partial charge in [-0.3, -0.25) is 4.79 Å². The fourth-order valence-electron chi connectivity index (χ4n) is 4.87. The van der Waals surface area contributed by atoms with Crippen LogP contribution in [0.15, 0.2) is 84.9 Å². The van der Waals surface area contributed by atoms with E-state index in [0.717, 1.165) is 11.1 Å². The standard InChI is InChI=1S/C33H36O9/c1-33(2,3)32(36)42-28-27(37-18-21-12-6-4-7-13-21)26-25(20-39-30(41-26)22-14-8-5-9-15-22)40-31(28)38-19-23-16-10-11-17-24(23)29(34)35/h4-17,25-28,30-31H,18-20H2,1-3H3,(H,34,35)/t25-,26-,27+,28+,30?,31+/m1/s1. The van der Waals surface area contributed by atoms with E-state index in [-0.39, 0.29) is 25.4 Å². The van der Waals surface area contributed by atoms with E-state index in [1.54, 1.807) is 39.0 Å². The molecule has 1 N–H and O–H groups in total. The van der Waals surface area contributed by atoms with Gasteiger partial charge in [0.1, 0.15) is 18.3 Å². The lowest BCUT2D eigenvalue weighted by Gasteiger charge is -2.48. The average Bonchev–Trinajstić information content (AvgIpc) is 2.99. The quantitative estimate of drug-likeness (QED) is 0.340. The van der Waals surface area contributed by atoms with Crippen LogP contribution in [0, 0.1) is 5.41 Å². The lowest BCUT2D eigenvalue weighted by atomic mass is 9.95. The van der Waals surface area contributed by atoms with Gasteiger partial charge in [0, 0.05) is 5.56 Å². The van der Waals surface area contributed by atoms with Gasteiger partial charge in [-0.15, -0.1) is 0 Å². The van der Waals surface area contributed by atoms with Crippen LogP contribution in [0.2, 0.25) is 0 Å². The third-order valence-corrected chi connectivity index (χ3v) is 7.15. The fourth-order valence-corrected chi connectivity index (χ4v) is 4.87. The van der Waals surface area contributed by atoms with E-state index in [1.807, 2.05) is 60.7 Å². The summed E-state index contributed by atoms with van der Waals surface area (Å²) in [6, 6.07) is 25.8. The van der Waals surface area contributed by atoms with Crippen LogP contribution in [0.25, 0.3) is 0 Å². The van der Waals surface area contributed by atoms with E-state index in [9.17, 15) is 14.7 Å². The second-order valence-electron chi connectivity index (χ2n) is 11.4. The first-order chi connectivity index (χ1) is 20.2. The van der Waals surface area contributed by atoms with Crippen LogP contribution in [-0.2, 0) is 46.4 Å². The summed E-state index contributed by atoms with van der Waals surface area (Å²) in [6.45, 7) is 5.60. The van der Waals surface area contributed by atoms with Crippen LogP contribution in [0.4, 0.5) is 0 Å². The lowest BCUT2D eigenvalue weighted by Crippen LogP contribution is -2.64. The minimum Gasteiger partial charge on any atom is -0.478 e. The Bertz CT molecular complexity index is 1340. The van der Waals surface area contributed by atoms with E-state index in [0.29, 0.717) is 5.56 Å². The van der Waals surface area contributed by atoms with Gasteiger partial charge in [0.15, 0.2) is 18.7 Å². The van der Waals surface area contributed by atoms with Crippen molar-refractivity contribution in [1.29, 1.82) is 0 Å². The second-order valence-corrected chi connectivity index (χ2v) is 11.4. The molecule has 2 heterocycles. The SMILES string of the molecule is CC(C)(C)C(=O)O[C@@H]1[C@@H](OCc2ccccc2C(=O)O)O[C@@H]2COC(c3ccccc3)O[C@H]2[C@@H]1OCc1ccccc1. The largest absolute Gasteiger partial charge is 0.478 e. The molecule has 3 aromatic carbocycles. The van der Waals surface area contributed by atoms with E-state index in [2.05, 4.69) is 0 Å². The summed E-state index contributed by atoms with van der Waals surface area (Å²) in [4.78, 5) is 25.0. The number of carboxylic acids is 1. The molecule has 9 heteroatoms. The number of carbonyl (C=O) groups excluding carboxylic acids is 1. The van der Waals surface area contributed by atoms with E-state index in [4.69, 9.17) is 28.4 Å². The first-order valence-corrected chi connectivity index (χ1v) is 14.0. The van der Waals surface area contributed by atoms with Crippen LogP contribution in [0.5, 0.6) is 0 Å². The van der Waals surface area contributed by atoms with Gasteiger partial charge in [-0.1, -0.05) is 78.9 Å². The maximum absolute atomic E-state index is 13.2. The molecule has 0 saturated carbocycles. The highest BCUT2D eigenvalue weighted by Crippen LogP contribution is 2.38. The van der Waals surface area contributed by atoms with E-state index < -0.39 is 54.3 Å². The zero-order valence-corrected chi connectivity index (χ0v) is 23.9. The minimum atomic E-state index is -1.08. The molecule has 5 rings (SSSR count). The van der Waals surface area contributed by atoms with Gasteiger partial charge in [0.25, 0.3) is 0 Å². The summed E-state index contributed by atoms with van der Waals surface area (Å²) in [7, 11) is 0. The van der Waals surface area contributed by atoms with E-state index >= 15 is 0 Å². The molecule has 2 aliphatic heterocycles. The smallest absolute Gasteiger partial charge is 0.336 e. The number of rotatable bonds is 9. The third-order valence-electron chi connectivity index (χ3n) is 7.15. The highest BCUT2D eigenvalue weighted by molar-refractivity contribution is 5.89. The molecule has 42 heavy (non-hydrogen) atoms. The molecule has 2 saturated heterocycles. The van der Waals surface area contributed by atoms with Crippen LogP contribution in [0.1, 0.15) is 54.1 Å². The van der Waals surface area contributed by atoms with Crippen LogP contribution in [-0.4, -0.2) is 54.4 Å². The average molecular weight is 577 g/mol. The topological polar surface area (TPSA) is 110 Å². The van der Waals surface area contributed by atoms with Gasteiger partial charge in [0.2, 0.25) is 0 Å². The number of hydrogen-bond acceptors (Lipinski definition) is 8. The van der Waals surface area contributed by atoms with Gasteiger partial charge in [-0.25, -0.2) is 4.79 Å². The zero-order chi connectivity index (χ0) is 29.7. The molecule has 2 aliphatic rings. The van der Waals surface area contributed by atoms with Gasteiger partial charge in [-0.05, 0) is 38.0 Å². The maximum Gasteiger partial charge on any atom is 0.336 e. The van der Waals surface area contributed by atoms with Crippen molar-refractivity contribution in [2.24, 2.45) is 5.41 Å². The number of fused-ring (bicyclic) bond motifs is 1. The Hall–Kier alpha value is -3.60. The molecule has 1 unspecified atom stereocenters. The Morgan fingerprint density at radius 1 is 0.833 bits per heavy atom. The molecule has 0 bridgehead atoms. The summed E-state index contributed by atoms with van der Waals surface area (Å²) >= 11 is 0. The molecular formula is C33H36O9. The van der Waals surface area contributed by atoms with Crippen LogP contribution in [0.3, 0.4) is 0 Å². The molecule has 6 atom stereocenters. The van der Waals surface area contributed by atoms with Gasteiger partial charge in [0.05, 0.1) is 30.8 Å². The maximum atomic E-state index is 13.2. The monoisotopic (exact) mass is 576 g/mol. The normalized spacial score (nSPS) is 25.8. The number of hydrogen-bond donors (Lipinski definition) is 1. The first kappa shape index (κ1) is 29.9. The molecule has 9 nitrogen and oxygen atoms in total. The lowest BCUT2D eigenvalue weighted by molar-refractivity contribution is -0.369. The molecular weight excluding hydrogens is 540 g/mol.